The highest BCUT2D eigenvalue weighted by molar-refractivity contribution is 5.88. The van der Waals surface area contributed by atoms with Crippen molar-refractivity contribution in [3.8, 4) is 0 Å². The molecule has 0 aliphatic heterocycles. The van der Waals surface area contributed by atoms with Crippen molar-refractivity contribution >= 4 is 17.9 Å². The predicted molar refractivity (Wildman–Crippen MR) is 118 cm³/mol. The molecule has 0 N–H and O–H groups in total. The van der Waals surface area contributed by atoms with Gasteiger partial charge in [0.25, 0.3) is 16.2 Å². The number of alkyl halides is 19. The lowest BCUT2D eigenvalue weighted by Gasteiger charge is -2.79. The first-order valence-electron chi connectivity index (χ1n) is 12.5. The number of rotatable bonds is 9. The maximum absolute atomic E-state index is 16.4. The number of halogens is 19. The van der Waals surface area contributed by atoms with Crippen molar-refractivity contribution in [3.05, 3.63) is 36.5 Å². The summed E-state index contributed by atoms with van der Waals surface area (Å²) in [5.74, 6) is -64.3. The molecule has 0 radical (unpaired) electrons. The van der Waals surface area contributed by atoms with Crippen LogP contribution in [0.4, 0.5) is 83.4 Å². The molecule has 0 unspecified atom stereocenters. The molecule has 0 aromatic carbocycles. The van der Waals surface area contributed by atoms with E-state index in [0.717, 1.165) is 0 Å². The molecule has 50 heavy (non-hydrogen) atoms. The van der Waals surface area contributed by atoms with E-state index in [0.29, 0.717) is 0 Å². The van der Waals surface area contributed by atoms with Crippen LogP contribution >= 0.6 is 0 Å². The highest BCUT2D eigenvalue weighted by Crippen LogP contribution is 2.98. The summed E-state index contributed by atoms with van der Waals surface area (Å²) in [6.07, 6.45) is -24.9. The van der Waals surface area contributed by atoms with E-state index >= 15 is 83.4 Å². The van der Waals surface area contributed by atoms with Gasteiger partial charge in [0.1, 0.15) is 0 Å². The Bertz CT molecular complexity index is 1410. The Labute approximate surface area is 263 Å². The summed E-state index contributed by atoms with van der Waals surface area (Å²) in [6.45, 7) is 7.55. The van der Waals surface area contributed by atoms with Gasteiger partial charge < -0.3 is 14.2 Å². The molecule has 284 valence electrons. The maximum atomic E-state index is 16.4. The van der Waals surface area contributed by atoms with Gasteiger partial charge in [-0.05, 0) is 20.8 Å². The molecule has 0 aromatic rings. The molecule has 0 atom stereocenters. The lowest BCUT2D eigenvalue weighted by atomic mass is 9.28. The van der Waals surface area contributed by atoms with Gasteiger partial charge in [-0.2, -0.15) is 26.3 Å². The molecule has 4 aliphatic rings. The zero-order chi connectivity index (χ0) is 40.1. The predicted octanol–water partition coefficient (Wildman–Crippen LogP) is 7.64. The van der Waals surface area contributed by atoms with Crippen LogP contribution in [0.15, 0.2) is 36.5 Å². The van der Waals surface area contributed by atoms with Crippen molar-refractivity contribution < 1.29 is 112 Å². The van der Waals surface area contributed by atoms with Crippen LogP contribution in [0.3, 0.4) is 0 Å². The standard InChI is InChI=1S/C25H15F19O6/c1-7(2)10(45)48-23(39,40)13-17(27,28)14(24(41,42)49-11(46)8(3)4)19(31,32)15(18(13,29)30,25(43,44)50-12(47)9(5)6)22(37,38)16(26,20(13,33)34)21(14,35)36/h1,3,5H2,2,4,6H3. The van der Waals surface area contributed by atoms with Crippen LogP contribution in [0.25, 0.3) is 0 Å². The lowest BCUT2D eigenvalue weighted by molar-refractivity contribution is -0.686. The van der Waals surface area contributed by atoms with Gasteiger partial charge in [0, 0.05) is 16.7 Å². The van der Waals surface area contributed by atoms with Gasteiger partial charge in [-0.15, -0.1) is 0 Å². The van der Waals surface area contributed by atoms with Crippen molar-refractivity contribution in [1.82, 2.24) is 0 Å². The molecule has 4 fully saturated rings. The van der Waals surface area contributed by atoms with Gasteiger partial charge >= 0.3 is 77.4 Å². The minimum Gasteiger partial charge on any atom is -0.396 e. The fourth-order valence-corrected chi connectivity index (χ4v) is 6.47. The summed E-state index contributed by atoms with van der Waals surface area (Å²) in [5.41, 5.74) is -41.2. The van der Waals surface area contributed by atoms with E-state index in [9.17, 15) is 14.4 Å². The lowest BCUT2D eigenvalue weighted by Crippen LogP contribution is -3.09. The summed E-state index contributed by atoms with van der Waals surface area (Å²) < 4.78 is 312. The summed E-state index contributed by atoms with van der Waals surface area (Å²) in [5, 5.41) is 0. The van der Waals surface area contributed by atoms with Crippen LogP contribution < -0.4 is 0 Å². The Hall–Kier alpha value is -3.70. The van der Waals surface area contributed by atoms with Gasteiger partial charge in [-0.25, -0.2) is 71.5 Å². The number of esters is 3. The molecule has 0 amide bonds. The van der Waals surface area contributed by atoms with Gasteiger partial charge in [0.05, 0.1) is 0 Å². The highest BCUT2D eigenvalue weighted by atomic mass is 19.3. The fraction of sp³-hybridized carbons (Fsp3) is 0.640. The van der Waals surface area contributed by atoms with Crippen LogP contribution in [0, 0.1) is 16.2 Å². The first-order chi connectivity index (χ1) is 21.7. The highest BCUT2D eigenvalue weighted by Gasteiger charge is 3.28. The molecule has 4 rings (SSSR count). The Kier molecular flexibility index (Phi) is 7.97. The summed E-state index contributed by atoms with van der Waals surface area (Å²) in [7, 11) is 0. The Balaban J connectivity index is 2.98. The quantitative estimate of drug-likeness (QED) is 0.104. The van der Waals surface area contributed by atoms with Crippen molar-refractivity contribution in [3.63, 3.8) is 0 Å². The van der Waals surface area contributed by atoms with E-state index in [1.807, 2.05) is 0 Å². The molecule has 4 bridgehead atoms. The zero-order valence-corrected chi connectivity index (χ0v) is 24.3. The average Bonchev–Trinajstić information content (AvgIpc) is 2.83. The van der Waals surface area contributed by atoms with E-state index in [1.165, 1.54) is 0 Å². The largest absolute Gasteiger partial charge is 0.423 e. The monoisotopic (exact) mass is 772 g/mol. The molecule has 25 heteroatoms. The number of hydrogen-bond donors (Lipinski definition) is 0. The van der Waals surface area contributed by atoms with Crippen LogP contribution in [0.1, 0.15) is 20.8 Å². The second-order valence-electron chi connectivity index (χ2n) is 11.4. The van der Waals surface area contributed by atoms with Crippen LogP contribution in [-0.4, -0.2) is 77.4 Å². The van der Waals surface area contributed by atoms with Crippen molar-refractivity contribution in [2.45, 2.75) is 80.3 Å². The Morgan fingerprint density at radius 1 is 0.400 bits per heavy atom. The average molecular weight is 772 g/mol. The molecule has 6 nitrogen and oxygen atoms in total. The topological polar surface area (TPSA) is 78.9 Å². The molecule has 0 aromatic heterocycles. The first-order valence-corrected chi connectivity index (χ1v) is 12.5. The second kappa shape index (κ2) is 9.79. The number of hydrogen-bond acceptors (Lipinski definition) is 6. The third-order valence-electron chi connectivity index (χ3n) is 8.55. The number of ether oxygens (including phenoxy) is 3. The van der Waals surface area contributed by atoms with Crippen molar-refractivity contribution in [2.24, 2.45) is 16.2 Å². The summed E-state index contributed by atoms with van der Waals surface area (Å²) in [4.78, 5) is 35.4. The second-order valence-corrected chi connectivity index (χ2v) is 11.4. The molecule has 0 heterocycles. The third kappa shape index (κ3) is 3.31. The van der Waals surface area contributed by atoms with E-state index in [-0.39, 0.29) is 20.8 Å². The number of carbonyl (C=O) groups excluding carboxylic acids is 3. The number of carbonyl (C=O) groups is 3. The van der Waals surface area contributed by atoms with Gasteiger partial charge in [0.2, 0.25) is 0 Å². The zero-order valence-electron chi connectivity index (χ0n) is 24.3. The van der Waals surface area contributed by atoms with Crippen LogP contribution in [0.2, 0.25) is 0 Å². The maximum Gasteiger partial charge on any atom is 0.423 e. The minimum atomic E-state index is -9.16. The third-order valence-corrected chi connectivity index (χ3v) is 8.55. The van der Waals surface area contributed by atoms with Gasteiger partial charge in [-0.3, -0.25) is 0 Å². The molecule has 4 aliphatic carbocycles. The van der Waals surface area contributed by atoms with Gasteiger partial charge in [0.15, 0.2) is 0 Å². The Morgan fingerprint density at radius 3 is 0.700 bits per heavy atom. The SMILES string of the molecule is C=C(C)C(=O)OC(F)(F)C12C(F)(F)C3(F)C(F)(F)C(C(F)(F)OC(=O)C(=C)C)(C1(F)F)C(F)(F)C(C(F)(F)OC(=O)C(=C)C)(C3(F)F)C2(F)F. The Morgan fingerprint density at radius 2 is 0.560 bits per heavy atom. The smallest absolute Gasteiger partial charge is 0.396 e. The van der Waals surface area contributed by atoms with Crippen LogP contribution in [0.5, 0.6) is 0 Å². The van der Waals surface area contributed by atoms with Crippen molar-refractivity contribution in [1.29, 1.82) is 0 Å². The molecule has 4 saturated carbocycles. The fourth-order valence-electron chi connectivity index (χ4n) is 6.47. The van der Waals surface area contributed by atoms with E-state index in [4.69, 9.17) is 0 Å². The molecule has 0 saturated heterocycles. The molecular formula is C25H15F19O6. The van der Waals surface area contributed by atoms with E-state index < -0.39 is 110 Å². The van der Waals surface area contributed by atoms with Crippen LogP contribution in [-0.2, 0) is 28.6 Å². The van der Waals surface area contributed by atoms with E-state index in [2.05, 4.69) is 33.9 Å². The van der Waals surface area contributed by atoms with Crippen molar-refractivity contribution in [2.75, 3.05) is 0 Å². The molecule has 0 spiro atoms. The summed E-state index contributed by atoms with van der Waals surface area (Å²) >= 11 is 0. The first kappa shape index (κ1) is 40.7. The van der Waals surface area contributed by atoms with Gasteiger partial charge in [-0.1, -0.05) is 19.7 Å². The van der Waals surface area contributed by atoms with E-state index in [1.54, 1.807) is 0 Å². The minimum absolute atomic E-state index is 0.110. The normalized spacial score (nSPS) is 34.0. The molecular weight excluding hydrogens is 757 g/mol. The summed E-state index contributed by atoms with van der Waals surface area (Å²) in [6, 6.07) is 0.